The third-order valence-corrected chi connectivity index (χ3v) is 3.00. The molecule has 0 aliphatic carbocycles. The molecule has 8 heteroatoms. The lowest BCUT2D eigenvalue weighted by molar-refractivity contribution is 1.04. The molecule has 0 radical (unpaired) electrons. The first kappa shape index (κ1) is 17.5. The summed E-state index contributed by atoms with van der Waals surface area (Å²) in [6, 6.07) is 19.2. The molecule has 2 aromatic carbocycles. The van der Waals surface area contributed by atoms with Crippen molar-refractivity contribution in [1.82, 2.24) is 10.9 Å². The van der Waals surface area contributed by atoms with Crippen LogP contribution in [0.15, 0.2) is 70.9 Å². The molecule has 2 rings (SSSR count). The van der Waals surface area contributed by atoms with Crippen LogP contribution >= 0.6 is 24.4 Å². The molecule has 2 aromatic rings. The highest BCUT2D eigenvalue weighted by Gasteiger charge is 1.94. The first-order valence-electron chi connectivity index (χ1n) is 7.03. The van der Waals surface area contributed by atoms with Crippen LogP contribution in [0.4, 0.5) is 11.4 Å². The number of hydrogen-bond donors (Lipinski definition) is 4. The van der Waals surface area contributed by atoms with E-state index in [1.165, 1.54) is 12.4 Å². The van der Waals surface area contributed by atoms with Crippen molar-refractivity contribution in [1.29, 1.82) is 0 Å². The van der Waals surface area contributed by atoms with E-state index in [0.717, 1.165) is 11.4 Å². The lowest BCUT2D eigenvalue weighted by Crippen LogP contribution is -2.24. The standard InChI is InChI=1S/C16H16N6S2/c23-15(19-13-7-3-1-4-8-13)21-17-11-12-18-22-16(24)20-14-9-5-2-6-10-14/h1-12H,(H2,19,21,23)(H2,20,22,24)/b17-11+,18-12+. The lowest BCUT2D eigenvalue weighted by atomic mass is 10.3. The van der Waals surface area contributed by atoms with E-state index < -0.39 is 0 Å². The molecule has 0 aromatic heterocycles. The predicted octanol–water partition coefficient (Wildman–Crippen LogP) is 2.93. The predicted molar refractivity (Wildman–Crippen MR) is 109 cm³/mol. The summed E-state index contributed by atoms with van der Waals surface area (Å²) in [5.74, 6) is 0. The van der Waals surface area contributed by atoms with Crippen LogP contribution in [0.1, 0.15) is 0 Å². The average molecular weight is 356 g/mol. The number of nitrogens with zero attached hydrogens (tertiary/aromatic N) is 2. The Kier molecular flexibility index (Phi) is 7.32. The van der Waals surface area contributed by atoms with E-state index in [9.17, 15) is 0 Å². The van der Waals surface area contributed by atoms with Crippen LogP contribution in [0.5, 0.6) is 0 Å². The van der Waals surface area contributed by atoms with Crippen LogP contribution in [0.25, 0.3) is 0 Å². The van der Waals surface area contributed by atoms with Crippen molar-refractivity contribution < 1.29 is 0 Å². The molecule has 0 fully saturated rings. The second kappa shape index (κ2) is 10.0. The quantitative estimate of drug-likeness (QED) is 0.375. The molecule has 0 bridgehead atoms. The van der Waals surface area contributed by atoms with Gasteiger partial charge in [0.15, 0.2) is 10.2 Å². The topological polar surface area (TPSA) is 72.8 Å². The van der Waals surface area contributed by atoms with Gasteiger partial charge in [-0.05, 0) is 48.7 Å². The molecule has 122 valence electrons. The Bertz CT molecular complexity index is 652. The number of anilines is 2. The summed E-state index contributed by atoms with van der Waals surface area (Å²) in [7, 11) is 0. The fourth-order valence-corrected chi connectivity index (χ4v) is 1.96. The number of thiocarbonyl (C=S) groups is 2. The van der Waals surface area contributed by atoms with Crippen molar-refractivity contribution in [3.05, 3.63) is 60.7 Å². The second-order valence-electron chi connectivity index (χ2n) is 4.42. The maximum Gasteiger partial charge on any atom is 0.191 e. The molecule has 0 saturated carbocycles. The molecule has 0 aliphatic heterocycles. The van der Waals surface area contributed by atoms with E-state index >= 15 is 0 Å². The zero-order valence-electron chi connectivity index (χ0n) is 12.6. The highest BCUT2D eigenvalue weighted by molar-refractivity contribution is 7.80. The Morgan fingerprint density at radius 1 is 0.667 bits per heavy atom. The summed E-state index contributed by atoms with van der Waals surface area (Å²) >= 11 is 10.2. The van der Waals surface area contributed by atoms with E-state index in [4.69, 9.17) is 24.4 Å². The number of nitrogens with one attached hydrogen (secondary N) is 4. The maximum atomic E-state index is 5.10. The van der Waals surface area contributed by atoms with Crippen molar-refractivity contribution in [3.63, 3.8) is 0 Å². The van der Waals surface area contributed by atoms with Crippen molar-refractivity contribution >= 4 is 58.5 Å². The number of benzene rings is 2. The van der Waals surface area contributed by atoms with Gasteiger partial charge in [-0.1, -0.05) is 36.4 Å². The summed E-state index contributed by atoms with van der Waals surface area (Å²) in [5, 5.41) is 14.6. The Balaban J connectivity index is 1.65. The minimum absolute atomic E-state index is 0.389. The Labute approximate surface area is 151 Å². The highest BCUT2D eigenvalue weighted by atomic mass is 32.1. The molecule has 0 saturated heterocycles. The molecule has 0 aliphatic rings. The molecule has 6 nitrogen and oxygen atoms in total. The van der Waals surface area contributed by atoms with E-state index in [1.807, 2.05) is 60.7 Å². The van der Waals surface area contributed by atoms with Crippen LogP contribution in [0, 0.1) is 0 Å². The van der Waals surface area contributed by atoms with Crippen LogP contribution < -0.4 is 21.5 Å². The third-order valence-electron chi connectivity index (χ3n) is 2.61. The third kappa shape index (κ3) is 6.95. The minimum atomic E-state index is 0.389. The average Bonchev–Trinajstić information content (AvgIpc) is 2.60. The van der Waals surface area contributed by atoms with E-state index in [-0.39, 0.29) is 0 Å². The lowest BCUT2D eigenvalue weighted by Gasteiger charge is -2.06. The molecular formula is C16H16N6S2. The van der Waals surface area contributed by atoms with E-state index in [2.05, 4.69) is 31.7 Å². The summed E-state index contributed by atoms with van der Waals surface area (Å²) < 4.78 is 0. The molecule has 0 heterocycles. The highest BCUT2D eigenvalue weighted by Crippen LogP contribution is 2.04. The van der Waals surface area contributed by atoms with Gasteiger partial charge in [-0.3, -0.25) is 10.9 Å². The fourth-order valence-electron chi connectivity index (χ4n) is 1.62. The molecule has 0 spiro atoms. The van der Waals surface area contributed by atoms with Gasteiger partial charge in [0.2, 0.25) is 0 Å². The number of rotatable bonds is 5. The number of hydrazone groups is 2. The van der Waals surface area contributed by atoms with E-state index in [1.54, 1.807) is 0 Å². The normalized spacial score (nSPS) is 10.5. The first-order valence-corrected chi connectivity index (χ1v) is 7.84. The van der Waals surface area contributed by atoms with Crippen molar-refractivity contribution in [2.75, 3.05) is 10.6 Å². The largest absolute Gasteiger partial charge is 0.331 e. The number of para-hydroxylation sites is 2. The second-order valence-corrected chi connectivity index (χ2v) is 5.24. The van der Waals surface area contributed by atoms with E-state index in [0.29, 0.717) is 10.2 Å². The smallest absolute Gasteiger partial charge is 0.191 e. The van der Waals surface area contributed by atoms with Gasteiger partial charge in [0.05, 0.1) is 12.4 Å². The van der Waals surface area contributed by atoms with Gasteiger partial charge in [0.1, 0.15) is 0 Å². The summed E-state index contributed by atoms with van der Waals surface area (Å²) in [6.45, 7) is 0. The minimum Gasteiger partial charge on any atom is -0.331 e. The van der Waals surface area contributed by atoms with Crippen LogP contribution in [-0.4, -0.2) is 22.7 Å². The zero-order valence-corrected chi connectivity index (χ0v) is 14.3. The van der Waals surface area contributed by atoms with Gasteiger partial charge >= 0.3 is 0 Å². The SMILES string of the molecule is S=C(N/N=C/C=N/NC(=S)Nc1ccccc1)Nc1ccccc1. The first-order chi connectivity index (χ1) is 11.7. The van der Waals surface area contributed by atoms with Crippen molar-refractivity contribution in [2.45, 2.75) is 0 Å². The molecule has 0 amide bonds. The fraction of sp³-hybridized carbons (Fsp3) is 0. The van der Waals surface area contributed by atoms with Gasteiger partial charge < -0.3 is 10.6 Å². The Morgan fingerprint density at radius 2 is 1.04 bits per heavy atom. The molecule has 4 N–H and O–H groups in total. The maximum absolute atomic E-state index is 5.10. The summed E-state index contributed by atoms with van der Waals surface area (Å²) in [4.78, 5) is 0. The van der Waals surface area contributed by atoms with Gasteiger partial charge in [-0.25, -0.2) is 0 Å². The van der Waals surface area contributed by atoms with Crippen LogP contribution in [0.3, 0.4) is 0 Å². The summed E-state index contributed by atoms with van der Waals surface area (Å²) in [5.41, 5.74) is 7.14. The molecule has 0 atom stereocenters. The van der Waals surface area contributed by atoms with Crippen molar-refractivity contribution in [3.8, 4) is 0 Å². The molecule has 0 unspecified atom stereocenters. The van der Waals surface area contributed by atoms with Crippen molar-refractivity contribution in [2.24, 2.45) is 10.2 Å². The Hall–Kier alpha value is -2.84. The van der Waals surface area contributed by atoms with Gasteiger partial charge in [0.25, 0.3) is 0 Å². The number of hydrogen-bond acceptors (Lipinski definition) is 4. The van der Waals surface area contributed by atoms with Gasteiger partial charge in [-0.2, -0.15) is 10.2 Å². The summed E-state index contributed by atoms with van der Waals surface area (Å²) in [6.07, 6.45) is 2.91. The molecule has 24 heavy (non-hydrogen) atoms. The van der Waals surface area contributed by atoms with Crippen LogP contribution in [0.2, 0.25) is 0 Å². The zero-order chi connectivity index (χ0) is 17.0. The molecular weight excluding hydrogens is 340 g/mol. The van der Waals surface area contributed by atoms with Gasteiger partial charge in [-0.15, -0.1) is 0 Å². The van der Waals surface area contributed by atoms with Crippen LogP contribution in [-0.2, 0) is 0 Å². The monoisotopic (exact) mass is 356 g/mol. The van der Waals surface area contributed by atoms with Gasteiger partial charge in [0, 0.05) is 11.4 Å². The Morgan fingerprint density at radius 3 is 1.42 bits per heavy atom.